The van der Waals surface area contributed by atoms with Crippen molar-refractivity contribution in [3.8, 4) is 0 Å². The van der Waals surface area contributed by atoms with Crippen LogP contribution < -0.4 is 5.32 Å². The van der Waals surface area contributed by atoms with Gasteiger partial charge in [0, 0.05) is 11.5 Å². The van der Waals surface area contributed by atoms with E-state index in [0.29, 0.717) is 0 Å². The van der Waals surface area contributed by atoms with E-state index in [4.69, 9.17) is 5.11 Å². The summed E-state index contributed by atoms with van der Waals surface area (Å²) in [4.78, 5) is 10.7. The zero-order valence-electron chi connectivity index (χ0n) is 6.58. The molecule has 1 spiro atoms. The van der Waals surface area contributed by atoms with Gasteiger partial charge in [0.25, 0.3) is 0 Å². The predicted octanol–water partition coefficient (Wildman–Crippen LogP) is 0.609. The van der Waals surface area contributed by atoms with Crippen LogP contribution in [0.3, 0.4) is 0 Å². The lowest BCUT2D eigenvalue weighted by molar-refractivity contribution is -0.138. The van der Waals surface area contributed by atoms with E-state index in [9.17, 15) is 4.79 Å². The van der Waals surface area contributed by atoms with E-state index < -0.39 is 5.97 Å². The number of carboxylic acid groups (broad SMARTS) is 1. The first-order chi connectivity index (χ1) is 5.72. The first kappa shape index (κ1) is 8.72. The van der Waals surface area contributed by atoms with Crippen LogP contribution in [-0.4, -0.2) is 39.2 Å². The van der Waals surface area contributed by atoms with E-state index in [2.05, 4.69) is 5.32 Å². The zero-order valence-corrected chi connectivity index (χ0v) is 8.21. The number of aliphatic carboxylic acids is 1. The molecule has 2 rings (SSSR count). The molecule has 1 unspecified atom stereocenters. The molecule has 2 saturated heterocycles. The van der Waals surface area contributed by atoms with Crippen molar-refractivity contribution in [1.29, 1.82) is 0 Å². The van der Waals surface area contributed by atoms with Gasteiger partial charge in [0.2, 0.25) is 0 Å². The summed E-state index contributed by atoms with van der Waals surface area (Å²) < 4.78 is 0. The number of hydrogen-bond acceptors (Lipinski definition) is 4. The van der Waals surface area contributed by atoms with Gasteiger partial charge in [-0.1, -0.05) is 0 Å². The van der Waals surface area contributed by atoms with Crippen molar-refractivity contribution in [3.05, 3.63) is 0 Å². The maximum atomic E-state index is 10.7. The first-order valence-electron chi connectivity index (χ1n) is 3.94. The molecule has 3 nitrogen and oxygen atoms in total. The highest BCUT2D eigenvalue weighted by atomic mass is 32.2. The van der Waals surface area contributed by atoms with Gasteiger partial charge in [0.1, 0.15) is 6.04 Å². The summed E-state index contributed by atoms with van der Waals surface area (Å²) in [5.41, 5.74) is 0. The van der Waals surface area contributed by atoms with Crippen LogP contribution in [0.4, 0.5) is 0 Å². The van der Waals surface area contributed by atoms with Gasteiger partial charge in [-0.2, -0.15) is 11.8 Å². The molecule has 68 valence electrons. The molecule has 0 radical (unpaired) electrons. The van der Waals surface area contributed by atoms with Crippen LogP contribution in [0.15, 0.2) is 0 Å². The van der Waals surface area contributed by atoms with Crippen molar-refractivity contribution in [2.24, 2.45) is 0 Å². The third kappa shape index (κ3) is 1.45. The van der Waals surface area contributed by atoms with E-state index in [0.717, 1.165) is 23.7 Å². The smallest absolute Gasteiger partial charge is 0.321 e. The van der Waals surface area contributed by atoms with Gasteiger partial charge < -0.3 is 5.11 Å². The maximum Gasteiger partial charge on any atom is 0.321 e. The maximum absolute atomic E-state index is 10.7. The Morgan fingerprint density at radius 2 is 2.50 bits per heavy atom. The Bertz CT molecular complexity index is 204. The molecule has 0 aromatic heterocycles. The highest BCUT2D eigenvalue weighted by Gasteiger charge is 2.44. The molecule has 0 amide bonds. The zero-order chi connectivity index (χ0) is 8.60. The quantitative estimate of drug-likeness (QED) is 0.657. The van der Waals surface area contributed by atoms with Crippen LogP contribution in [-0.2, 0) is 4.79 Å². The average molecular weight is 205 g/mol. The number of carboxylic acids is 1. The number of rotatable bonds is 1. The molecular weight excluding hydrogens is 194 g/mol. The lowest BCUT2D eigenvalue weighted by atomic mass is 10.2. The fourth-order valence-corrected chi connectivity index (χ4v) is 4.64. The Kier molecular flexibility index (Phi) is 2.27. The van der Waals surface area contributed by atoms with E-state index >= 15 is 0 Å². The second-order valence-corrected chi connectivity index (χ2v) is 5.65. The number of nitrogens with one attached hydrogen (secondary N) is 1. The third-order valence-corrected chi connectivity index (χ3v) is 5.14. The van der Waals surface area contributed by atoms with Gasteiger partial charge in [-0.05, 0) is 12.2 Å². The second kappa shape index (κ2) is 3.12. The van der Waals surface area contributed by atoms with Crippen molar-refractivity contribution >= 4 is 29.5 Å². The fourth-order valence-electron chi connectivity index (χ4n) is 1.55. The van der Waals surface area contributed by atoms with Crippen molar-refractivity contribution < 1.29 is 9.90 Å². The summed E-state index contributed by atoms with van der Waals surface area (Å²) in [6, 6.07) is -0.325. The molecule has 0 bridgehead atoms. The average Bonchev–Trinajstić information content (AvgIpc) is 2.62. The standard InChI is InChI=1S/C7H11NO2S2/c9-6(10)5-3-12-7(8-5)1-2-11-4-7/h5,8H,1-4H2,(H,9,10)/t5-,7?/m0/s1. The van der Waals surface area contributed by atoms with Crippen LogP contribution in [0.5, 0.6) is 0 Å². The molecule has 2 fully saturated rings. The highest BCUT2D eigenvalue weighted by Crippen LogP contribution is 2.41. The molecule has 0 aromatic rings. The van der Waals surface area contributed by atoms with Crippen molar-refractivity contribution in [1.82, 2.24) is 5.32 Å². The molecule has 2 aliphatic heterocycles. The Labute approximate surface area is 79.7 Å². The lowest BCUT2D eigenvalue weighted by Gasteiger charge is -2.21. The Morgan fingerprint density at radius 1 is 1.67 bits per heavy atom. The fraction of sp³-hybridized carbons (Fsp3) is 0.857. The molecule has 0 aliphatic carbocycles. The van der Waals surface area contributed by atoms with Crippen LogP contribution in [0.25, 0.3) is 0 Å². The summed E-state index contributed by atoms with van der Waals surface area (Å²) in [6.45, 7) is 0. The minimum atomic E-state index is -0.712. The van der Waals surface area contributed by atoms with Gasteiger partial charge in [0.05, 0.1) is 4.87 Å². The molecule has 0 aromatic carbocycles. The summed E-state index contributed by atoms with van der Waals surface area (Å²) in [7, 11) is 0. The summed E-state index contributed by atoms with van der Waals surface area (Å²) in [5.74, 6) is 2.22. The van der Waals surface area contributed by atoms with E-state index in [1.54, 1.807) is 11.8 Å². The molecule has 2 heterocycles. The normalized spacial score (nSPS) is 40.8. The van der Waals surface area contributed by atoms with E-state index in [-0.39, 0.29) is 10.9 Å². The van der Waals surface area contributed by atoms with Crippen molar-refractivity contribution in [3.63, 3.8) is 0 Å². The summed E-state index contributed by atoms with van der Waals surface area (Å²) >= 11 is 3.68. The monoisotopic (exact) mass is 205 g/mol. The minimum Gasteiger partial charge on any atom is -0.480 e. The number of carbonyl (C=O) groups is 1. The number of thioether (sulfide) groups is 2. The van der Waals surface area contributed by atoms with Crippen LogP contribution >= 0.6 is 23.5 Å². The molecular formula is C7H11NO2S2. The van der Waals surface area contributed by atoms with Gasteiger partial charge in [0.15, 0.2) is 0 Å². The van der Waals surface area contributed by atoms with Crippen LogP contribution in [0.2, 0.25) is 0 Å². The van der Waals surface area contributed by atoms with Crippen molar-refractivity contribution in [2.45, 2.75) is 17.3 Å². The van der Waals surface area contributed by atoms with Gasteiger partial charge in [-0.15, -0.1) is 11.8 Å². The summed E-state index contributed by atoms with van der Waals surface area (Å²) in [6.07, 6.45) is 1.10. The molecule has 12 heavy (non-hydrogen) atoms. The Morgan fingerprint density at radius 3 is 3.00 bits per heavy atom. The topological polar surface area (TPSA) is 49.3 Å². The lowest BCUT2D eigenvalue weighted by Crippen LogP contribution is -2.45. The van der Waals surface area contributed by atoms with Gasteiger partial charge >= 0.3 is 5.97 Å². The molecule has 0 saturated carbocycles. The molecule has 2 atom stereocenters. The molecule has 2 N–H and O–H groups in total. The SMILES string of the molecule is O=C(O)[C@@H]1CSC2(CCSC2)N1. The largest absolute Gasteiger partial charge is 0.480 e. The molecule has 2 aliphatic rings. The van der Waals surface area contributed by atoms with Crippen LogP contribution in [0.1, 0.15) is 6.42 Å². The minimum absolute atomic E-state index is 0.0910. The number of hydrogen-bond donors (Lipinski definition) is 2. The highest BCUT2D eigenvalue weighted by molar-refractivity contribution is 8.04. The second-order valence-electron chi connectivity index (χ2n) is 3.14. The van der Waals surface area contributed by atoms with E-state index in [1.165, 1.54) is 0 Å². The summed E-state index contributed by atoms with van der Waals surface area (Å²) in [5, 5.41) is 12.0. The van der Waals surface area contributed by atoms with Crippen molar-refractivity contribution in [2.75, 3.05) is 17.3 Å². The Balaban J connectivity index is 2.01. The Hall–Kier alpha value is 0.130. The molecule has 5 heteroatoms. The van der Waals surface area contributed by atoms with Gasteiger partial charge in [-0.3, -0.25) is 10.1 Å². The first-order valence-corrected chi connectivity index (χ1v) is 6.08. The third-order valence-electron chi connectivity index (χ3n) is 2.25. The van der Waals surface area contributed by atoms with Crippen LogP contribution in [0, 0.1) is 0 Å². The predicted molar refractivity (Wildman–Crippen MR) is 51.7 cm³/mol. The van der Waals surface area contributed by atoms with E-state index in [1.807, 2.05) is 11.8 Å². The van der Waals surface area contributed by atoms with Gasteiger partial charge in [-0.25, -0.2) is 0 Å².